The molecule has 0 aromatic heterocycles. The fourth-order valence-corrected chi connectivity index (χ4v) is 4.68. The second-order valence-electron chi connectivity index (χ2n) is 8.38. The number of piperidine rings is 2. The summed E-state index contributed by atoms with van der Waals surface area (Å²) in [5.41, 5.74) is 7.63. The Labute approximate surface area is 170 Å². The van der Waals surface area contributed by atoms with Crippen LogP contribution < -0.4 is 11.1 Å². The maximum absolute atomic E-state index is 12.9. The molecule has 3 aliphatic heterocycles. The number of fused-ring (bicyclic) bond motifs is 1. The van der Waals surface area contributed by atoms with Crippen LogP contribution in [0.5, 0.6) is 0 Å². The smallest absolute Gasteiger partial charge is 0.255 e. The summed E-state index contributed by atoms with van der Waals surface area (Å²) in [4.78, 5) is 40.5. The summed E-state index contributed by atoms with van der Waals surface area (Å²) in [7, 11) is 0. The molecule has 3 amide bonds. The maximum Gasteiger partial charge on any atom is 0.255 e. The van der Waals surface area contributed by atoms with Crippen molar-refractivity contribution in [2.24, 2.45) is 5.73 Å². The molecule has 0 radical (unpaired) electrons. The molecule has 8 nitrogen and oxygen atoms in total. The molecule has 8 heteroatoms. The fraction of sp³-hybridized carbons (Fsp3) is 0.571. The molecule has 4 N–H and O–H groups in total. The van der Waals surface area contributed by atoms with Crippen molar-refractivity contribution in [1.82, 2.24) is 15.1 Å². The van der Waals surface area contributed by atoms with E-state index in [4.69, 9.17) is 5.73 Å². The molecule has 1 aromatic carbocycles. The summed E-state index contributed by atoms with van der Waals surface area (Å²) < 4.78 is 0. The van der Waals surface area contributed by atoms with E-state index in [-0.39, 0.29) is 24.1 Å². The zero-order valence-electron chi connectivity index (χ0n) is 16.5. The number of nitrogens with one attached hydrogen (secondary N) is 1. The van der Waals surface area contributed by atoms with Gasteiger partial charge in [-0.1, -0.05) is 12.1 Å². The van der Waals surface area contributed by atoms with Crippen LogP contribution in [-0.4, -0.2) is 63.9 Å². The van der Waals surface area contributed by atoms with E-state index in [9.17, 15) is 19.5 Å². The number of nitrogens with zero attached hydrogens (tertiary/aromatic N) is 2. The number of benzene rings is 1. The van der Waals surface area contributed by atoms with E-state index >= 15 is 0 Å². The molecule has 0 spiro atoms. The van der Waals surface area contributed by atoms with Gasteiger partial charge in [0.1, 0.15) is 6.04 Å². The molecular weight excluding hydrogens is 372 g/mol. The van der Waals surface area contributed by atoms with Crippen molar-refractivity contribution in [2.75, 3.05) is 19.6 Å². The Balaban J connectivity index is 1.46. The second-order valence-corrected chi connectivity index (χ2v) is 8.38. The third kappa shape index (κ3) is 3.92. The highest BCUT2D eigenvalue weighted by Gasteiger charge is 2.40. The first-order valence-corrected chi connectivity index (χ1v) is 10.3. The van der Waals surface area contributed by atoms with Gasteiger partial charge in [0, 0.05) is 38.2 Å². The predicted octanol–water partition coefficient (Wildman–Crippen LogP) is 0.123. The summed E-state index contributed by atoms with van der Waals surface area (Å²) in [5.74, 6) is -0.817. The molecule has 1 atom stereocenters. The Morgan fingerprint density at radius 3 is 2.66 bits per heavy atom. The van der Waals surface area contributed by atoms with Crippen molar-refractivity contribution in [3.63, 3.8) is 0 Å². The minimum absolute atomic E-state index is 0.146. The minimum atomic E-state index is -0.664. The van der Waals surface area contributed by atoms with Crippen LogP contribution in [0.4, 0.5) is 0 Å². The number of hydrogen-bond donors (Lipinski definition) is 3. The van der Waals surface area contributed by atoms with Crippen molar-refractivity contribution in [2.45, 2.75) is 56.8 Å². The molecule has 1 aromatic rings. The molecule has 2 fully saturated rings. The number of aliphatic hydroxyl groups is 1. The van der Waals surface area contributed by atoms with Gasteiger partial charge < -0.3 is 15.7 Å². The summed E-state index contributed by atoms with van der Waals surface area (Å²) in [6.07, 6.45) is 2.63. The van der Waals surface area contributed by atoms with Crippen LogP contribution in [0.2, 0.25) is 0 Å². The van der Waals surface area contributed by atoms with Gasteiger partial charge in [-0.05, 0) is 49.4 Å². The number of carbonyl (C=O) groups is 3. The van der Waals surface area contributed by atoms with Gasteiger partial charge >= 0.3 is 0 Å². The number of amides is 3. The van der Waals surface area contributed by atoms with Crippen LogP contribution in [0.3, 0.4) is 0 Å². The van der Waals surface area contributed by atoms with Crippen molar-refractivity contribution in [1.29, 1.82) is 0 Å². The van der Waals surface area contributed by atoms with Crippen LogP contribution in [0.1, 0.15) is 53.6 Å². The zero-order chi connectivity index (χ0) is 20.6. The third-order valence-corrected chi connectivity index (χ3v) is 6.47. The highest BCUT2D eigenvalue weighted by Crippen LogP contribution is 2.32. The molecule has 2 saturated heterocycles. The number of rotatable bonds is 5. The Morgan fingerprint density at radius 1 is 1.21 bits per heavy atom. The first-order chi connectivity index (χ1) is 13.9. The van der Waals surface area contributed by atoms with E-state index in [1.54, 1.807) is 4.90 Å². The van der Waals surface area contributed by atoms with Gasteiger partial charge in [-0.25, -0.2) is 0 Å². The van der Waals surface area contributed by atoms with E-state index in [0.29, 0.717) is 50.9 Å². The molecule has 4 rings (SSSR count). The van der Waals surface area contributed by atoms with Gasteiger partial charge in [0.25, 0.3) is 5.91 Å². The fourth-order valence-electron chi connectivity index (χ4n) is 4.68. The molecule has 3 aliphatic rings. The second kappa shape index (κ2) is 7.85. The number of nitrogens with two attached hydrogens (primary N) is 1. The van der Waals surface area contributed by atoms with Crippen LogP contribution >= 0.6 is 0 Å². The van der Waals surface area contributed by atoms with Gasteiger partial charge in [0.05, 0.1) is 5.60 Å². The minimum Gasteiger partial charge on any atom is -0.390 e. The standard InChI is InChI=1S/C21H28N4O4/c22-9-6-21(29)7-10-24(11-8-21)12-14-2-1-3-15-16(14)13-25(20(15)28)17-4-5-18(26)23-19(17)27/h1-3,17,29H,4-13,22H2,(H,23,26,27). The monoisotopic (exact) mass is 400 g/mol. The Hall–Kier alpha value is -2.29. The van der Waals surface area contributed by atoms with Crippen LogP contribution in [0, 0.1) is 0 Å². The van der Waals surface area contributed by atoms with E-state index in [1.165, 1.54) is 0 Å². The van der Waals surface area contributed by atoms with Gasteiger partial charge in [-0.3, -0.25) is 24.6 Å². The van der Waals surface area contributed by atoms with Gasteiger partial charge in [-0.2, -0.15) is 0 Å². The molecule has 0 bridgehead atoms. The summed E-state index contributed by atoms with van der Waals surface area (Å²) in [6.45, 7) is 3.15. The summed E-state index contributed by atoms with van der Waals surface area (Å²) in [6, 6.07) is 5.13. The molecule has 1 unspecified atom stereocenters. The van der Waals surface area contributed by atoms with Gasteiger partial charge in [0.2, 0.25) is 11.8 Å². The molecular formula is C21H28N4O4. The molecule has 0 saturated carbocycles. The first kappa shape index (κ1) is 20.0. The van der Waals surface area contributed by atoms with Crippen molar-refractivity contribution in [3.05, 3.63) is 34.9 Å². The van der Waals surface area contributed by atoms with E-state index in [2.05, 4.69) is 10.2 Å². The van der Waals surface area contributed by atoms with Gasteiger partial charge in [-0.15, -0.1) is 0 Å². The normalized spacial score (nSPS) is 24.6. The molecule has 29 heavy (non-hydrogen) atoms. The number of likely N-dealkylation sites (tertiary alicyclic amines) is 1. The van der Waals surface area contributed by atoms with E-state index in [0.717, 1.165) is 24.2 Å². The average Bonchev–Trinajstić information content (AvgIpc) is 3.02. The van der Waals surface area contributed by atoms with Crippen LogP contribution in [0.25, 0.3) is 0 Å². The van der Waals surface area contributed by atoms with Crippen LogP contribution in [-0.2, 0) is 22.7 Å². The van der Waals surface area contributed by atoms with Gasteiger partial charge in [0.15, 0.2) is 0 Å². The summed E-state index contributed by atoms with van der Waals surface area (Å²) >= 11 is 0. The van der Waals surface area contributed by atoms with Crippen molar-refractivity contribution in [3.8, 4) is 0 Å². The van der Waals surface area contributed by atoms with Crippen LogP contribution in [0.15, 0.2) is 18.2 Å². The van der Waals surface area contributed by atoms with Crippen molar-refractivity contribution >= 4 is 17.7 Å². The quantitative estimate of drug-likeness (QED) is 0.605. The van der Waals surface area contributed by atoms with E-state index < -0.39 is 11.6 Å². The maximum atomic E-state index is 12.9. The molecule has 0 aliphatic carbocycles. The summed E-state index contributed by atoms with van der Waals surface area (Å²) in [5, 5.41) is 12.9. The zero-order valence-corrected chi connectivity index (χ0v) is 16.5. The lowest BCUT2D eigenvalue weighted by molar-refractivity contribution is -0.136. The largest absolute Gasteiger partial charge is 0.390 e. The average molecular weight is 400 g/mol. The first-order valence-electron chi connectivity index (χ1n) is 10.3. The van der Waals surface area contributed by atoms with E-state index in [1.807, 2.05) is 18.2 Å². The number of imide groups is 1. The lowest BCUT2D eigenvalue weighted by atomic mass is 9.88. The Morgan fingerprint density at radius 2 is 1.97 bits per heavy atom. The highest BCUT2D eigenvalue weighted by molar-refractivity contribution is 6.05. The molecule has 3 heterocycles. The third-order valence-electron chi connectivity index (χ3n) is 6.47. The Bertz CT molecular complexity index is 832. The SMILES string of the molecule is NCCC1(O)CCN(Cc2cccc3c2CN(C2CCC(=O)NC2=O)C3=O)CC1. The topological polar surface area (TPSA) is 116 Å². The van der Waals surface area contributed by atoms with Crippen molar-refractivity contribution < 1.29 is 19.5 Å². The number of hydrogen-bond acceptors (Lipinski definition) is 6. The molecule has 156 valence electrons. The lowest BCUT2D eigenvalue weighted by Gasteiger charge is -2.38. The Kier molecular flexibility index (Phi) is 5.42. The predicted molar refractivity (Wildman–Crippen MR) is 106 cm³/mol. The lowest BCUT2D eigenvalue weighted by Crippen LogP contribution is -2.52. The number of carbonyl (C=O) groups excluding carboxylic acids is 3. The highest BCUT2D eigenvalue weighted by atomic mass is 16.3.